The number of piperidine rings is 2. The number of imide groups is 1. The van der Waals surface area contributed by atoms with E-state index >= 15 is 0 Å². The summed E-state index contributed by atoms with van der Waals surface area (Å²) in [7, 11) is 1.57. The smallest absolute Gasteiger partial charge is 0.328 e. The number of ether oxygens (including phenoxy) is 1. The van der Waals surface area contributed by atoms with Crippen LogP contribution in [0.25, 0.3) is 21.8 Å². The molecule has 2 N–H and O–H groups in total. The molecule has 2 aliphatic carbocycles. The average Bonchev–Trinajstić information content (AvgIpc) is 3.81. The second-order valence-electron chi connectivity index (χ2n) is 16.4. The maximum absolute atomic E-state index is 13.5. The van der Waals surface area contributed by atoms with Gasteiger partial charge in [-0.25, -0.2) is 4.79 Å². The molecule has 0 bridgehead atoms. The Morgan fingerprint density at radius 3 is 2.47 bits per heavy atom. The van der Waals surface area contributed by atoms with Gasteiger partial charge < -0.3 is 24.4 Å². The average molecular weight is 749 g/mol. The molecule has 5 aliphatic rings. The summed E-state index contributed by atoms with van der Waals surface area (Å²) >= 11 is 0. The highest BCUT2D eigenvalue weighted by atomic mass is 16.5. The minimum absolute atomic E-state index is 0.0419. The quantitative estimate of drug-likeness (QED) is 0.210. The van der Waals surface area contributed by atoms with Gasteiger partial charge in [0.05, 0.1) is 35.4 Å². The van der Waals surface area contributed by atoms with Crippen LogP contribution >= 0.6 is 0 Å². The van der Waals surface area contributed by atoms with Crippen LogP contribution in [0.4, 0.5) is 10.5 Å². The predicted molar refractivity (Wildman–Crippen MR) is 209 cm³/mol. The molecule has 13 nitrogen and oxygen atoms in total. The third kappa shape index (κ3) is 7.18. The van der Waals surface area contributed by atoms with Crippen molar-refractivity contribution >= 4 is 51.2 Å². The zero-order chi connectivity index (χ0) is 37.6. The van der Waals surface area contributed by atoms with E-state index in [2.05, 4.69) is 49.3 Å². The summed E-state index contributed by atoms with van der Waals surface area (Å²) in [6.45, 7) is 4.47. The van der Waals surface area contributed by atoms with E-state index in [0.29, 0.717) is 54.7 Å². The van der Waals surface area contributed by atoms with Crippen LogP contribution in [0.2, 0.25) is 0 Å². The van der Waals surface area contributed by atoms with Gasteiger partial charge in [-0.05, 0) is 107 Å². The number of carbonyl (C=O) groups is 4. The lowest BCUT2D eigenvalue weighted by atomic mass is 9.84. The summed E-state index contributed by atoms with van der Waals surface area (Å²) in [5, 5.41) is 12.4. The number of rotatable bonds is 10. The fraction of sp³-hybridized carbons (Fsp3) is 0.548. The Morgan fingerprint density at radius 1 is 0.909 bits per heavy atom. The monoisotopic (exact) mass is 748 g/mol. The Hall–Kier alpha value is -4.91. The lowest BCUT2D eigenvalue weighted by Gasteiger charge is -2.35. The van der Waals surface area contributed by atoms with Crippen molar-refractivity contribution in [3.05, 3.63) is 54.4 Å². The molecule has 3 aliphatic heterocycles. The normalized spacial score (nSPS) is 24.5. The lowest BCUT2D eigenvalue weighted by molar-refractivity contribution is -0.136. The number of urea groups is 1. The molecule has 13 heteroatoms. The molecule has 5 amide bonds. The summed E-state index contributed by atoms with van der Waals surface area (Å²) in [5.74, 6) is 0.736. The van der Waals surface area contributed by atoms with Crippen LogP contribution < -0.4 is 20.3 Å². The number of nitrogens with one attached hydrogen (secondary N) is 2. The number of carbonyl (C=O) groups excluding carboxylic acids is 4. The molecule has 55 heavy (non-hydrogen) atoms. The number of hydrogen-bond acceptors (Lipinski definition) is 7. The zero-order valence-corrected chi connectivity index (χ0v) is 31.8. The number of aromatic nitrogens is 3. The Kier molecular flexibility index (Phi) is 9.74. The molecule has 2 aromatic carbocycles. The van der Waals surface area contributed by atoms with E-state index in [1.165, 1.54) is 19.3 Å². The first-order valence-corrected chi connectivity index (χ1v) is 20.4. The number of likely N-dealkylation sites (tertiary alicyclic amines) is 2. The first kappa shape index (κ1) is 35.8. The van der Waals surface area contributed by atoms with Gasteiger partial charge in [-0.3, -0.25) is 29.3 Å². The minimum Gasteiger partial charge on any atom is -0.496 e. The van der Waals surface area contributed by atoms with Gasteiger partial charge in [0, 0.05) is 73.9 Å². The largest absolute Gasteiger partial charge is 0.496 e. The lowest BCUT2D eigenvalue weighted by Crippen LogP contribution is -2.52. The van der Waals surface area contributed by atoms with Gasteiger partial charge in [0.15, 0.2) is 0 Å². The van der Waals surface area contributed by atoms with Crippen LogP contribution in [0, 0.1) is 5.92 Å². The summed E-state index contributed by atoms with van der Waals surface area (Å²) in [6.07, 6.45) is 16.2. The zero-order valence-electron chi connectivity index (χ0n) is 31.8. The Bertz CT molecular complexity index is 2100. The van der Waals surface area contributed by atoms with Crippen molar-refractivity contribution in [3.63, 3.8) is 0 Å². The van der Waals surface area contributed by atoms with Gasteiger partial charge >= 0.3 is 6.03 Å². The van der Waals surface area contributed by atoms with Crippen LogP contribution in [-0.2, 0) is 9.59 Å². The topological polar surface area (TPSA) is 134 Å². The van der Waals surface area contributed by atoms with Gasteiger partial charge in [-0.15, -0.1) is 0 Å². The van der Waals surface area contributed by atoms with Crippen molar-refractivity contribution in [2.75, 3.05) is 44.7 Å². The standard InChI is InChI=1S/C42H52N8O5/c1-55-38-25-35-28(24-33(38)40(52)43-34-4-3-18-48(41(34)53)29-11-12-29)26-50(45-35)31-9-7-27(8-10-31)13-19-46-20-14-30(15-21-46)47-22-16-32-36(47)5-2-6-37(32)49-23-17-39(51)44-42(49)54/h2,5-6,16,22,24-27,29-31,34H,3-4,7-15,17-21,23H2,1H3,(H,43,52)(H,44,51,54). The van der Waals surface area contributed by atoms with E-state index in [1.54, 1.807) is 12.0 Å². The Morgan fingerprint density at radius 2 is 1.71 bits per heavy atom. The number of methoxy groups -OCH3 is 1. The number of benzene rings is 2. The Balaban J connectivity index is 0.763. The number of nitrogens with zero attached hydrogens (tertiary/aromatic N) is 6. The molecule has 2 saturated carbocycles. The van der Waals surface area contributed by atoms with Crippen molar-refractivity contribution in [1.82, 2.24) is 34.8 Å². The van der Waals surface area contributed by atoms with E-state index in [1.807, 2.05) is 29.2 Å². The fourth-order valence-electron chi connectivity index (χ4n) is 9.63. The second kappa shape index (κ2) is 15.0. The maximum atomic E-state index is 13.5. The van der Waals surface area contributed by atoms with Gasteiger partial charge in [-0.1, -0.05) is 6.07 Å². The second-order valence-corrected chi connectivity index (χ2v) is 16.4. The molecule has 5 heterocycles. The highest BCUT2D eigenvalue weighted by Crippen LogP contribution is 2.37. The third-order valence-corrected chi connectivity index (χ3v) is 12.9. The van der Waals surface area contributed by atoms with Crippen LogP contribution in [0.1, 0.15) is 99.5 Å². The SMILES string of the molecule is COc1cc2nn(C3CCC(CCN4CCC(n5ccc6c(N7CCC(=O)NC7=O)cccc65)CC4)CC3)cc2cc1C(=O)NC1CCCN(C2CC2)C1=O. The van der Waals surface area contributed by atoms with Crippen LogP contribution in [0.15, 0.2) is 48.8 Å². The fourth-order valence-corrected chi connectivity index (χ4v) is 9.63. The number of anilines is 1. The van der Waals surface area contributed by atoms with Crippen LogP contribution in [-0.4, -0.2) is 99.8 Å². The molecule has 4 aromatic rings. The van der Waals surface area contributed by atoms with E-state index in [9.17, 15) is 19.2 Å². The highest BCUT2D eigenvalue weighted by molar-refractivity contribution is 6.09. The number of amides is 5. The summed E-state index contributed by atoms with van der Waals surface area (Å²) in [4.78, 5) is 57.1. The number of fused-ring (bicyclic) bond motifs is 2. The predicted octanol–water partition coefficient (Wildman–Crippen LogP) is 5.79. The van der Waals surface area contributed by atoms with Crippen molar-refractivity contribution < 1.29 is 23.9 Å². The Labute approximate surface area is 321 Å². The molecule has 290 valence electrons. The first-order chi connectivity index (χ1) is 26.8. The van der Waals surface area contributed by atoms with E-state index < -0.39 is 6.04 Å². The van der Waals surface area contributed by atoms with E-state index in [4.69, 9.17) is 9.84 Å². The highest BCUT2D eigenvalue weighted by Gasteiger charge is 2.39. The maximum Gasteiger partial charge on any atom is 0.328 e. The summed E-state index contributed by atoms with van der Waals surface area (Å²) < 4.78 is 10.1. The van der Waals surface area contributed by atoms with Gasteiger partial charge in [-0.2, -0.15) is 5.10 Å². The van der Waals surface area contributed by atoms with Crippen molar-refractivity contribution in [2.45, 2.75) is 101 Å². The molecule has 5 fully saturated rings. The minimum atomic E-state index is -0.486. The molecular formula is C42H52N8O5. The molecule has 0 radical (unpaired) electrons. The van der Waals surface area contributed by atoms with Crippen molar-refractivity contribution in [3.8, 4) is 5.75 Å². The van der Waals surface area contributed by atoms with Gasteiger partial charge in [0.2, 0.25) is 11.8 Å². The van der Waals surface area contributed by atoms with Gasteiger partial charge in [0.25, 0.3) is 5.91 Å². The summed E-state index contributed by atoms with van der Waals surface area (Å²) in [5.41, 5.74) is 3.25. The molecular weight excluding hydrogens is 697 g/mol. The molecule has 1 unspecified atom stereocenters. The molecule has 0 spiro atoms. The van der Waals surface area contributed by atoms with Crippen LogP contribution in [0.3, 0.4) is 0 Å². The van der Waals surface area contributed by atoms with Crippen LogP contribution in [0.5, 0.6) is 5.75 Å². The molecule has 3 saturated heterocycles. The number of hydrogen-bond donors (Lipinski definition) is 2. The van der Waals surface area contributed by atoms with E-state index in [0.717, 1.165) is 98.6 Å². The molecule has 2 aromatic heterocycles. The van der Waals surface area contributed by atoms with E-state index in [-0.39, 0.29) is 23.8 Å². The van der Waals surface area contributed by atoms with Gasteiger partial charge in [0.1, 0.15) is 11.8 Å². The summed E-state index contributed by atoms with van der Waals surface area (Å²) in [6, 6.07) is 12.2. The molecule has 1 atom stereocenters. The third-order valence-electron chi connectivity index (χ3n) is 12.9. The van der Waals surface area contributed by atoms with Crippen molar-refractivity contribution in [1.29, 1.82) is 0 Å². The van der Waals surface area contributed by atoms with Crippen molar-refractivity contribution in [2.24, 2.45) is 5.92 Å². The molecule has 9 rings (SSSR count). The first-order valence-electron chi connectivity index (χ1n) is 20.4.